The van der Waals surface area contributed by atoms with Crippen LogP contribution in [-0.4, -0.2) is 70.0 Å². The highest BCUT2D eigenvalue weighted by Crippen LogP contribution is 2.31. The molecule has 0 atom stereocenters. The van der Waals surface area contributed by atoms with E-state index in [0.29, 0.717) is 44.3 Å². The first-order valence-electron chi connectivity index (χ1n) is 10.7. The number of carbonyl (C=O) groups is 1. The standard InChI is InChI=1S/C24H32N4O4/c1-7-18-13-22(23(32-6)25-17(18)3)28(8-2)24(29)27-11-9-26(10-12-27)19-14-20(30-4)16-21(15-19)31-5/h7,13-16H,1,8-12H2,2-6H3. The summed E-state index contributed by atoms with van der Waals surface area (Å²) in [5.74, 6) is 1.92. The average Bonchev–Trinajstić information content (AvgIpc) is 2.84. The third kappa shape index (κ3) is 4.74. The lowest BCUT2D eigenvalue weighted by molar-refractivity contribution is 0.201. The number of aromatic nitrogens is 1. The quantitative estimate of drug-likeness (QED) is 0.652. The zero-order valence-electron chi connectivity index (χ0n) is 19.6. The Kier molecular flexibility index (Phi) is 7.45. The van der Waals surface area contributed by atoms with Crippen molar-refractivity contribution in [3.8, 4) is 17.4 Å². The Labute approximate surface area is 190 Å². The maximum absolute atomic E-state index is 13.4. The number of ether oxygens (including phenoxy) is 3. The van der Waals surface area contributed by atoms with Crippen molar-refractivity contribution in [1.29, 1.82) is 0 Å². The van der Waals surface area contributed by atoms with Crippen LogP contribution in [0.1, 0.15) is 18.2 Å². The molecule has 172 valence electrons. The van der Waals surface area contributed by atoms with Crippen LogP contribution in [0.5, 0.6) is 17.4 Å². The van der Waals surface area contributed by atoms with Gasteiger partial charge in [0.15, 0.2) is 0 Å². The van der Waals surface area contributed by atoms with Gasteiger partial charge in [0.2, 0.25) is 5.88 Å². The number of hydrogen-bond donors (Lipinski definition) is 0. The average molecular weight is 441 g/mol. The highest BCUT2D eigenvalue weighted by atomic mass is 16.5. The molecule has 2 amide bonds. The van der Waals surface area contributed by atoms with Gasteiger partial charge in [0, 0.05) is 62.3 Å². The molecule has 1 fully saturated rings. The van der Waals surface area contributed by atoms with E-state index < -0.39 is 0 Å². The number of anilines is 2. The maximum atomic E-state index is 13.4. The van der Waals surface area contributed by atoms with Gasteiger partial charge in [0.05, 0.1) is 21.3 Å². The Hall–Kier alpha value is -3.42. The van der Waals surface area contributed by atoms with Crippen molar-refractivity contribution in [1.82, 2.24) is 9.88 Å². The second-order valence-corrected chi connectivity index (χ2v) is 7.47. The van der Waals surface area contributed by atoms with Gasteiger partial charge in [-0.1, -0.05) is 12.7 Å². The lowest BCUT2D eigenvalue weighted by Crippen LogP contribution is -2.53. The van der Waals surface area contributed by atoms with Crippen LogP contribution >= 0.6 is 0 Å². The SMILES string of the molecule is C=Cc1cc(N(CC)C(=O)N2CCN(c3cc(OC)cc(OC)c3)CC2)c(OC)nc1C. The minimum absolute atomic E-state index is 0.0608. The summed E-state index contributed by atoms with van der Waals surface area (Å²) in [5.41, 5.74) is 3.36. The summed E-state index contributed by atoms with van der Waals surface area (Å²) in [6, 6.07) is 7.67. The molecule has 1 saturated heterocycles. The zero-order chi connectivity index (χ0) is 23.3. The largest absolute Gasteiger partial charge is 0.497 e. The molecule has 0 aliphatic carbocycles. The predicted octanol–water partition coefficient (Wildman–Crippen LogP) is 3.83. The monoisotopic (exact) mass is 440 g/mol. The van der Waals surface area contributed by atoms with Gasteiger partial charge in [0.1, 0.15) is 17.2 Å². The number of methoxy groups -OCH3 is 3. The van der Waals surface area contributed by atoms with Crippen LogP contribution in [0.25, 0.3) is 6.08 Å². The molecular weight excluding hydrogens is 408 g/mol. The van der Waals surface area contributed by atoms with Crippen LogP contribution in [0, 0.1) is 6.92 Å². The number of rotatable bonds is 7. The van der Waals surface area contributed by atoms with Crippen molar-refractivity contribution in [2.24, 2.45) is 0 Å². The van der Waals surface area contributed by atoms with Crippen molar-refractivity contribution < 1.29 is 19.0 Å². The molecule has 0 N–H and O–H groups in total. The Balaban J connectivity index is 1.77. The lowest BCUT2D eigenvalue weighted by atomic mass is 10.1. The van der Waals surface area contributed by atoms with E-state index in [-0.39, 0.29) is 6.03 Å². The van der Waals surface area contributed by atoms with E-state index in [1.165, 1.54) is 0 Å². The Morgan fingerprint density at radius 2 is 1.69 bits per heavy atom. The molecule has 0 saturated carbocycles. The fourth-order valence-corrected chi connectivity index (χ4v) is 3.85. The third-order valence-corrected chi connectivity index (χ3v) is 5.70. The predicted molar refractivity (Wildman–Crippen MR) is 127 cm³/mol. The van der Waals surface area contributed by atoms with Gasteiger partial charge in [-0.25, -0.2) is 9.78 Å². The van der Waals surface area contributed by atoms with Gasteiger partial charge in [-0.2, -0.15) is 0 Å². The van der Waals surface area contributed by atoms with Crippen LogP contribution in [-0.2, 0) is 0 Å². The molecule has 0 unspecified atom stereocenters. The highest BCUT2D eigenvalue weighted by Gasteiger charge is 2.28. The molecule has 8 heteroatoms. The Morgan fingerprint density at radius 1 is 1.06 bits per heavy atom. The molecule has 2 aromatic rings. The summed E-state index contributed by atoms with van der Waals surface area (Å²) in [7, 11) is 4.85. The van der Waals surface area contributed by atoms with E-state index in [0.717, 1.165) is 28.4 Å². The smallest absolute Gasteiger partial charge is 0.324 e. The van der Waals surface area contributed by atoms with Crippen molar-refractivity contribution >= 4 is 23.5 Å². The Morgan fingerprint density at radius 3 is 2.19 bits per heavy atom. The number of aryl methyl sites for hydroxylation is 1. The van der Waals surface area contributed by atoms with Gasteiger partial charge in [-0.05, 0) is 25.5 Å². The number of amides is 2. The first-order chi connectivity index (χ1) is 15.4. The minimum atomic E-state index is -0.0608. The molecule has 1 aliphatic rings. The minimum Gasteiger partial charge on any atom is -0.497 e. The van der Waals surface area contributed by atoms with Gasteiger partial charge in [0.25, 0.3) is 0 Å². The molecule has 0 radical (unpaired) electrons. The van der Waals surface area contributed by atoms with Crippen molar-refractivity contribution in [3.05, 3.63) is 42.1 Å². The number of carbonyl (C=O) groups excluding carboxylic acids is 1. The second-order valence-electron chi connectivity index (χ2n) is 7.47. The van der Waals surface area contributed by atoms with E-state index in [9.17, 15) is 4.79 Å². The molecule has 0 bridgehead atoms. The number of benzene rings is 1. The number of pyridine rings is 1. The molecule has 2 heterocycles. The summed E-state index contributed by atoms with van der Waals surface area (Å²) >= 11 is 0. The molecular formula is C24H32N4O4. The topological polar surface area (TPSA) is 67.4 Å². The van der Waals surface area contributed by atoms with E-state index in [4.69, 9.17) is 14.2 Å². The normalized spacial score (nSPS) is 13.5. The summed E-state index contributed by atoms with van der Waals surface area (Å²) < 4.78 is 16.3. The number of piperazine rings is 1. The van der Waals surface area contributed by atoms with Crippen molar-refractivity contribution in [2.75, 3.05) is 63.9 Å². The fourth-order valence-electron chi connectivity index (χ4n) is 3.85. The van der Waals surface area contributed by atoms with Crippen LogP contribution in [0.4, 0.5) is 16.2 Å². The van der Waals surface area contributed by atoms with Crippen molar-refractivity contribution in [3.63, 3.8) is 0 Å². The fraction of sp³-hybridized carbons (Fsp3) is 0.417. The zero-order valence-corrected chi connectivity index (χ0v) is 19.6. The lowest BCUT2D eigenvalue weighted by Gasteiger charge is -2.38. The molecule has 3 rings (SSSR count). The maximum Gasteiger partial charge on any atom is 0.324 e. The Bertz CT molecular complexity index is 948. The molecule has 0 spiro atoms. The first-order valence-corrected chi connectivity index (χ1v) is 10.7. The number of urea groups is 1. The van der Waals surface area contributed by atoms with Gasteiger partial charge in [-0.15, -0.1) is 0 Å². The number of hydrogen-bond acceptors (Lipinski definition) is 6. The third-order valence-electron chi connectivity index (χ3n) is 5.70. The highest BCUT2D eigenvalue weighted by molar-refractivity contribution is 5.94. The molecule has 1 aromatic carbocycles. The van der Waals surface area contributed by atoms with Crippen LogP contribution < -0.4 is 24.0 Å². The van der Waals surface area contributed by atoms with Crippen LogP contribution in [0.2, 0.25) is 0 Å². The first kappa shape index (κ1) is 23.2. The van der Waals surface area contributed by atoms with E-state index >= 15 is 0 Å². The van der Waals surface area contributed by atoms with E-state index in [2.05, 4.69) is 16.5 Å². The molecule has 32 heavy (non-hydrogen) atoms. The van der Waals surface area contributed by atoms with Crippen molar-refractivity contribution in [2.45, 2.75) is 13.8 Å². The van der Waals surface area contributed by atoms with Crippen LogP contribution in [0.3, 0.4) is 0 Å². The molecule has 8 nitrogen and oxygen atoms in total. The van der Waals surface area contributed by atoms with Gasteiger partial charge in [-0.3, -0.25) is 4.90 Å². The number of nitrogens with zero attached hydrogens (tertiary/aromatic N) is 4. The summed E-state index contributed by atoms with van der Waals surface area (Å²) in [5, 5.41) is 0. The van der Waals surface area contributed by atoms with Gasteiger partial charge >= 0.3 is 6.03 Å². The summed E-state index contributed by atoms with van der Waals surface area (Å²) in [6.45, 7) is 10.8. The van der Waals surface area contributed by atoms with Crippen LogP contribution in [0.15, 0.2) is 30.8 Å². The summed E-state index contributed by atoms with van der Waals surface area (Å²) in [6.07, 6.45) is 1.74. The summed E-state index contributed by atoms with van der Waals surface area (Å²) in [4.78, 5) is 23.7. The van der Waals surface area contributed by atoms with E-state index in [1.54, 1.807) is 32.3 Å². The molecule has 1 aromatic heterocycles. The van der Waals surface area contributed by atoms with E-state index in [1.807, 2.05) is 43.0 Å². The second kappa shape index (κ2) is 10.3. The molecule has 1 aliphatic heterocycles. The van der Waals surface area contributed by atoms with Gasteiger partial charge < -0.3 is 24.0 Å².